The lowest BCUT2D eigenvalue weighted by Crippen LogP contribution is -2.26. The van der Waals surface area contributed by atoms with Gasteiger partial charge in [-0.05, 0) is 43.0 Å². The third-order valence-electron chi connectivity index (χ3n) is 2.70. The zero-order valence-corrected chi connectivity index (χ0v) is 10.3. The highest BCUT2D eigenvalue weighted by Gasteiger charge is 2.12. The lowest BCUT2D eigenvalue weighted by molar-refractivity contribution is 0.267. The van der Waals surface area contributed by atoms with Crippen molar-refractivity contribution in [2.75, 3.05) is 17.7 Å². The van der Waals surface area contributed by atoms with Crippen LogP contribution in [0.25, 0.3) is 0 Å². The molecule has 0 aliphatic carbocycles. The summed E-state index contributed by atoms with van der Waals surface area (Å²) in [6.45, 7) is 6.52. The van der Waals surface area contributed by atoms with Crippen LogP contribution in [0.4, 0.5) is 11.4 Å². The molecule has 1 aromatic carbocycles. The Hall–Kier alpha value is -1.22. The van der Waals surface area contributed by atoms with E-state index in [-0.39, 0.29) is 12.6 Å². The summed E-state index contributed by atoms with van der Waals surface area (Å²) in [7, 11) is 0. The molecule has 3 heteroatoms. The number of aliphatic hydroxyl groups excluding tert-OH is 1. The number of nitrogen functional groups attached to an aromatic ring is 1. The van der Waals surface area contributed by atoms with Crippen molar-refractivity contribution in [2.45, 2.75) is 33.2 Å². The first-order chi connectivity index (χ1) is 7.52. The van der Waals surface area contributed by atoms with Gasteiger partial charge in [-0.15, -0.1) is 0 Å². The largest absolute Gasteiger partial charge is 0.399 e. The molecule has 0 fully saturated rings. The summed E-state index contributed by atoms with van der Waals surface area (Å²) < 4.78 is 0. The van der Waals surface area contributed by atoms with Crippen molar-refractivity contribution in [1.29, 1.82) is 0 Å². The summed E-state index contributed by atoms with van der Waals surface area (Å²) in [5, 5.41) is 12.4. The molecule has 1 rings (SSSR count). The quantitative estimate of drug-likeness (QED) is 0.670. The maximum Gasteiger partial charge on any atom is 0.0450 e. The Kier molecular flexibility index (Phi) is 4.62. The minimum Gasteiger partial charge on any atom is -0.399 e. The molecule has 4 N–H and O–H groups in total. The standard InChI is InChI=1S/C13H22N2O/c1-9(2)13(4-5-16)15-12-7-10(3)6-11(14)8-12/h6-9,13,15-16H,4-5,14H2,1-3H3. The molecule has 0 amide bonds. The van der Waals surface area contributed by atoms with Crippen LogP contribution in [0.15, 0.2) is 18.2 Å². The van der Waals surface area contributed by atoms with Crippen molar-refractivity contribution in [1.82, 2.24) is 0 Å². The first-order valence-corrected chi connectivity index (χ1v) is 5.77. The molecule has 16 heavy (non-hydrogen) atoms. The van der Waals surface area contributed by atoms with Gasteiger partial charge in [0.2, 0.25) is 0 Å². The summed E-state index contributed by atoms with van der Waals surface area (Å²) in [5.41, 5.74) is 8.75. The number of nitrogens with two attached hydrogens (primary N) is 1. The van der Waals surface area contributed by atoms with Crippen LogP contribution in [0.1, 0.15) is 25.8 Å². The van der Waals surface area contributed by atoms with Crippen LogP contribution in [-0.2, 0) is 0 Å². The first kappa shape index (κ1) is 12.8. The maximum atomic E-state index is 9.01. The molecule has 1 unspecified atom stereocenters. The highest BCUT2D eigenvalue weighted by Crippen LogP contribution is 2.19. The summed E-state index contributed by atoms with van der Waals surface area (Å²) in [5.74, 6) is 0.480. The first-order valence-electron chi connectivity index (χ1n) is 5.77. The lowest BCUT2D eigenvalue weighted by Gasteiger charge is -2.23. The summed E-state index contributed by atoms with van der Waals surface area (Å²) in [6, 6.07) is 6.23. The van der Waals surface area contributed by atoms with Gasteiger partial charge in [-0.3, -0.25) is 0 Å². The van der Waals surface area contributed by atoms with E-state index in [2.05, 4.69) is 25.2 Å². The van der Waals surface area contributed by atoms with E-state index in [0.29, 0.717) is 5.92 Å². The van der Waals surface area contributed by atoms with Gasteiger partial charge in [0.15, 0.2) is 0 Å². The molecule has 0 saturated carbocycles. The predicted octanol–water partition coefficient (Wildman–Crippen LogP) is 2.40. The second-order valence-corrected chi connectivity index (χ2v) is 4.64. The van der Waals surface area contributed by atoms with Crippen LogP contribution >= 0.6 is 0 Å². The molecule has 1 aromatic rings. The Balaban J connectivity index is 2.76. The highest BCUT2D eigenvalue weighted by atomic mass is 16.3. The van der Waals surface area contributed by atoms with Gasteiger partial charge >= 0.3 is 0 Å². The molecule has 0 aliphatic rings. The van der Waals surface area contributed by atoms with Crippen molar-refractivity contribution in [3.63, 3.8) is 0 Å². The number of hydrogen-bond acceptors (Lipinski definition) is 3. The molecule has 0 radical (unpaired) electrons. The van der Waals surface area contributed by atoms with E-state index < -0.39 is 0 Å². The van der Waals surface area contributed by atoms with Gasteiger partial charge in [-0.2, -0.15) is 0 Å². The highest BCUT2D eigenvalue weighted by molar-refractivity contribution is 5.57. The number of benzene rings is 1. The monoisotopic (exact) mass is 222 g/mol. The molecule has 0 aromatic heterocycles. The number of nitrogens with one attached hydrogen (secondary N) is 1. The second-order valence-electron chi connectivity index (χ2n) is 4.64. The van der Waals surface area contributed by atoms with Gasteiger partial charge in [0, 0.05) is 24.0 Å². The minimum absolute atomic E-state index is 0.206. The molecule has 90 valence electrons. The van der Waals surface area contributed by atoms with Gasteiger partial charge in [-0.25, -0.2) is 0 Å². The third kappa shape index (κ3) is 3.74. The van der Waals surface area contributed by atoms with Crippen LogP contribution < -0.4 is 11.1 Å². The van der Waals surface area contributed by atoms with Crippen molar-refractivity contribution in [3.05, 3.63) is 23.8 Å². The van der Waals surface area contributed by atoms with Gasteiger partial charge in [0.25, 0.3) is 0 Å². The molecular formula is C13H22N2O. The van der Waals surface area contributed by atoms with Crippen molar-refractivity contribution < 1.29 is 5.11 Å². The van der Waals surface area contributed by atoms with Crippen LogP contribution in [0.3, 0.4) is 0 Å². The lowest BCUT2D eigenvalue weighted by atomic mass is 10.0. The van der Waals surface area contributed by atoms with E-state index in [4.69, 9.17) is 10.8 Å². The summed E-state index contributed by atoms with van der Waals surface area (Å²) in [4.78, 5) is 0. The predicted molar refractivity (Wildman–Crippen MR) is 69.5 cm³/mol. The topological polar surface area (TPSA) is 58.3 Å². The van der Waals surface area contributed by atoms with Crippen LogP contribution in [0, 0.1) is 12.8 Å². The van der Waals surface area contributed by atoms with Crippen molar-refractivity contribution >= 4 is 11.4 Å². The Morgan fingerprint density at radius 1 is 1.31 bits per heavy atom. The van der Waals surface area contributed by atoms with Crippen LogP contribution in [-0.4, -0.2) is 17.8 Å². The fourth-order valence-electron chi connectivity index (χ4n) is 1.82. The van der Waals surface area contributed by atoms with Crippen molar-refractivity contribution in [3.8, 4) is 0 Å². The average Bonchev–Trinajstić information content (AvgIpc) is 2.15. The van der Waals surface area contributed by atoms with E-state index in [9.17, 15) is 0 Å². The van der Waals surface area contributed by atoms with Crippen molar-refractivity contribution in [2.24, 2.45) is 5.92 Å². The Labute approximate surface area is 97.7 Å². The Morgan fingerprint density at radius 3 is 2.50 bits per heavy atom. The van der Waals surface area contributed by atoms with Gasteiger partial charge in [-0.1, -0.05) is 13.8 Å². The number of aliphatic hydroxyl groups is 1. The number of aryl methyl sites for hydroxylation is 1. The van der Waals surface area contributed by atoms with Gasteiger partial charge < -0.3 is 16.2 Å². The molecule has 0 bridgehead atoms. The molecular weight excluding hydrogens is 200 g/mol. The normalized spacial score (nSPS) is 12.8. The van der Waals surface area contributed by atoms with Gasteiger partial charge in [0.1, 0.15) is 0 Å². The Morgan fingerprint density at radius 2 is 2.00 bits per heavy atom. The van der Waals surface area contributed by atoms with E-state index in [1.165, 1.54) is 0 Å². The maximum absolute atomic E-state index is 9.01. The Bertz CT molecular complexity index is 316. The smallest absolute Gasteiger partial charge is 0.0450 e. The molecule has 1 atom stereocenters. The zero-order valence-electron chi connectivity index (χ0n) is 10.3. The van der Waals surface area contributed by atoms with E-state index in [0.717, 1.165) is 23.4 Å². The minimum atomic E-state index is 0.206. The number of anilines is 2. The summed E-state index contributed by atoms with van der Waals surface area (Å²) in [6.07, 6.45) is 0.755. The summed E-state index contributed by atoms with van der Waals surface area (Å²) >= 11 is 0. The molecule has 0 saturated heterocycles. The van der Waals surface area contributed by atoms with E-state index in [1.54, 1.807) is 0 Å². The number of rotatable bonds is 5. The molecule has 3 nitrogen and oxygen atoms in total. The SMILES string of the molecule is Cc1cc(N)cc(NC(CCO)C(C)C)c1. The molecule has 0 aliphatic heterocycles. The fraction of sp³-hybridized carbons (Fsp3) is 0.538. The zero-order chi connectivity index (χ0) is 12.1. The fourth-order valence-corrected chi connectivity index (χ4v) is 1.82. The van der Waals surface area contributed by atoms with E-state index >= 15 is 0 Å². The molecule has 0 heterocycles. The average molecular weight is 222 g/mol. The molecule has 0 spiro atoms. The van der Waals surface area contributed by atoms with E-state index in [1.807, 2.05) is 19.1 Å². The van der Waals surface area contributed by atoms with Crippen LogP contribution in [0.2, 0.25) is 0 Å². The second kappa shape index (κ2) is 5.75. The number of hydrogen-bond donors (Lipinski definition) is 3. The van der Waals surface area contributed by atoms with Crippen LogP contribution in [0.5, 0.6) is 0 Å². The van der Waals surface area contributed by atoms with Gasteiger partial charge in [0.05, 0.1) is 0 Å². The third-order valence-corrected chi connectivity index (χ3v) is 2.70.